The van der Waals surface area contributed by atoms with Crippen LogP contribution in [0.25, 0.3) is 0 Å². The number of fused-ring (bicyclic) bond motifs is 2. The summed E-state index contributed by atoms with van der Waals surface area (Å²) in [4.78, 5) is 68.5. The Labute approximate surface area is 798 Å². The number of rotatable bonds is 32. The van der Waals surface area contributed by atoms with Crippen LogP contribution in [0.1, 0.15) is 84.9 Å². The van der Waals surface area contributed by atoms with E-state index in [4.69, 9.17) is 42.6 Å². The average molecular weight is 2080 g/mol. The number of nitrogens with zero attached hydrogens (tertiary/aromatic N) is 11. The van der Waals surface area contributed by atoms with E-state index >= 15 is 0 Å². The molecule has 0 spiro atoms. The summed E-state index contributed by atoms with van der Waals surface area (Å²) in [5.74, 6) is 6.47. The monoisotopic (exact) mass is 2080 g/mol. The first-order valence-electron chi connectivity index (χ1n) is 41.5. The highest BCUT2D eigenvalue weighted by Crippen LogP contribution is 2.46. The molecule has 11 N–H and O–H groups in total. The quantitative estimate of drug-likeness (QED) is 0.0174. The number of aliphatic hydroxyl groups is 1. The molecule has 716 valence electrons. The van der Waals surface area contributed by atoms with E-state index in [1.54, 1.807) is 129 Å². The second-order valence-corrected chi connectivity index (χ2v) is 32.4. The molecule has 0 radical (unpaired) electrons. The van der Waals surface area contributed by atoms with Crippen LogP contribution < -0.4 is 95.8 Å². The van der Waals surface area contributed by atoms with Gasteiger partial charge in [-0.1, -0.05) is 43.3 Å². The Morgan fingerprint density at radius 2 is 0.912 bits per heavy atom. The summed E-state index contributed by atoms with van der Waals surface area (Å²) in [5, 5.41) is 38.4. The maximum absolute atomic E-state index is 13.1. The lowest BCUT2D eigenvalue weighted by Gasteiger charge is -2.18. The summed E-state index contributed by atoms with van der Waals surface area (Å²) < 4.78 is 166. The number of carbonyl (C=O) groups excluding carboxylic acids is 2. The normalized spacial score (nSPS) is 12.7. The van der Waals surface area contributed by atoms with Crippen LogP contribution in [-0.4, -0.2) is 155 Å². The number of anilines is 16. The van der Waals surface area contributed by atoms with E-state index in [2.05, 4.69) is 157 Å². The molecule has 2 fully saturated rings. The number of methoxy groups -OCH3 is 8. The van der Waals surface area contributed by atoms with Gasteiger partial charge in [0.05, 0.1) is 88.8 Å². The van der Waals surface area contributed by atoms with Crippen molar-refractivity contribution < 1.29 is 96.8 Å². The smallest absolute Gasteiger partial charge is 0.421 e. The van der Waals surface area contributed by atoms with Crippen LogP contribution in [-0.2, 0) is 54.2 Å². The molecule has 136 heavy (non-hydrogen) atoms. The molecule has 12 aromatic rings. The number of hydrogen-bond acceptors (Lipinski definition) is 32. The molecule has 2 aliphatic carbocycles. The minimum Gasteiger partial charge on any atom is -0.493 e. The fourth-order valence-corrected chi connectivity index (χ4v) is 14.0. The first-order chi connectivity index (χ1) is 65.2. The van der Waals surface area contributed by atoms with Gasteiger partial charge in [-0.15, -0.1) is 0 Å². The van der Waals surface area contributed by atoms with Gasteiger partial charge in [-0.25, -0.2) is 24.9 Å². The lowest BCUT2D eigenvalue weighted by Crippen LogP contribution is -2.24. The van der Waals surface area contributed by atoms with Gasteiger partial charge < -0.3 is 101 Å². The number of Topliss-reactive ketones (excluding diaryl/α,β-unsaturated/α-hetero) is 1. The number of amides is 1. The molecule has 5 aromatic heterocycles. The number of hydrogen-bond donors (Lipinski definition) is 11. The zero-order valence-corrected chi connectivity index (χ0v) is 79.1. The van der Waals surface area contributed by atoms with Gasteiger partial charge in [0, 0.05) is 144 Å². The van der Waals surface area contributed by atoms with Crippen molar-refractivity contribution in [3.05, 3.63) is 205 Å². The van der Waals surface area contributed by atoms with Crippen molar-refractivity contribution >= 4 is 164 Å². The molecular weight excluding hydrogens is 1990 g/mol. The second kappa shape index (κ2) is 46.2. The van der Waals surface area contributed by atoms with E-state index in [0.717, 1.165) is 98.5 Å². The van der Waals surface area contributed by atoms with Crippen molar-refractivity contribution in [1.82, 2.24) is 49.8 Å². The van der Waals surface area contributed by atoms with Gasteiger partial charge in [0.15, 0.2) is 34.5 Å². The second-order valence-electron chi connectivity index (χ2n) is 29.8. The number of aliphatic imine (C=N–C) groups is 1. The topological polar surface area (TPSA) is 399 Å². The average Bonchev–Trinajstić information content (AvgIpc) is 1.42. The molecule has 1 amide bonds. The zero-order chi connectivity index (χ0) is 97.5. The number of para-hydroxylation sites is 2. The SMILES string of the molecule is CCc1cc(Nc2ncc(Br)c(NC3CC3)n2)cc(OC)c1OC.COc1cc(Nc2ncc(Br)c(Nc3ccccc3CO)n2)cc(OC)c1OC.COc1cc(Nc2ncc(Br)c(Oc3ccccc3CC(C)=O)n2)cc(OC)c1OC.FC(F)(F)c1cnc(Nc2ccc3c(c2)CC=N3)nc1NC1CC1.O=C1CCc2cc(Nc3ncc(C(F)(F)F)c(NCC(F)(F)F)n3)ccc2N1. The van der Waals surface area contributed by atoms with Crippen molar-refractivity contribution in [2.24, 2.45) is 4.99 Å². The Kier molecular flexibility index (Phi) is 34.3. The number of alkyl halides is 9. The number of ether oxygens (including phenoxy) is 9. The molecular formula is C91H91Br3F9N21O12. The maximum atomic E-state index is 13.1. The number of benzene rings is 7. The van der Waals surface area contributed by atoms with Crippen LogP contribution in [0.15, 0.2) is 171 Å². The number of halogens is 12. The van der Waals surface area contributed by atoms with E-state index in [-0.39, 0.29) is 48.5 Å². The van der Waals surface area contributed by atoms with Crippen molar-refractivity contribution in [3.63, 3.8) is 0 Å². The third-order valence-electron chi connectivity index (χ3n) is 19.9. The summed E-state index contributed by atoms with van der Waals surface area (Å²) in [7, 11) is 12.6. The van der Waals surface area contributed by atoms with Crippen LogP contribution >= 0.6 is 47.8 Å². The molecule has 2 aliphatic heterocycles. The molecule has 4 aliphatic rings. The van der Waals surface area contributed by atoms with Crippen molar-refractivity contribution in [2.45, 2.75) is 109 Å². The predicted molar refractivity (Wildman–Crippen MR) is 507 cm³/mol. The summed E-state index contributed by atoms with van der Waals surface area (Å²) in [6.45, 7) is 1.86. The van der Waals surface area contributed by atoms with Gasteiger partial charge in [-0.05, 0) is 165 Å². The zero-order valence-electron chi connectivity index (χ0n) is 74.3. The molecule has 0 atom stereocenters. The van der Waals surface area contributed by atoms with E-state index in [0.29, 0.717) is 132 Å². The highest BCUT2D eigenvalue weighted by Gasteiger charge is 2.39. The Hall–Kier alpha value is -14.1. The lowest BCUT2D eigenvalue weighted by atomic mass is 10.0. The minimum atomic E-state index is -4.92. The highest BCUT2D eigenvalue weighted by molar-refractivity contribution is 9.11. The van der Waals surface area contributed by atoms with Gasteiger partial charge in [0.25, 0.3) is 0 Å². The molecule has 0 bridgehead atoms. The summed E-state index contributed by atoms with van der Waals surface area (Å²) in [6, 6.07) is 36.7. The fraction of sp³-hybridized carbons (Fsp3) is 0.286. The molecule has 45 heteroatoms. The van der Waals surface area contributed by atoms with Crippen molar-refractivity contribution in [1.29, 1.82) is 0 Å². The van der Waals surface area contributed by atoms with Gasteiger partial charge in [-0.3, -0.25) is 14.6 Å². The third-order valence-corrected chi connectivity index (χ3v) is 21.6. The van der Waals surface area contributed by atoms with Gasteiger partial charge in [0.2, 0.25) is 53.0 Å². The lowest BCUT2D eigenvalue weighted by molar-refractivity contribution is -0.138. The number of aromatic nitrogens is 10. The number of ketones is 1. The molecule has 0 saturated heterocycles. The predicted octanol–water partition coefficient (Wildman–Crippen LogP) is 21.5. The van der Waals surface area contributed by atoms with Crippen LogP contribution in [0.5, 0.6) is 57.6 Å². The largest absolute Gasteiger partial charge is 0.493 e. The van der Waals surface area contributed by atoms with Crippen molar-refractivity contribution in [2.75, 3.05) is 117 Å². The molecule has 16 rings (SSSR count). The number of carbonyl (C=O) groups is 2. The molecule has 33 nitrogen and oxygen atoms in total. The molecule has 2 saturated carbocycles. The first kappa shape index (κ1) is 101. The van der Waals surface area contributed by atoms with Crippen LogP contribution in [0.2, 0.25) is 0 Å². The minimum absolute atomic E-state index is 0.0440. The Morgan fingerprint density at radius 3 is 1.43 bits per heavy atom. The highest BCUT2D eigenvalue weighted by atomic mass is 79.9. The standard InChI is InChI=1S/C22H22BrN3O5.C20H21BrN4O4.C17H21BrN4O2.C16H13F6N5O.C16H14F3N5/c1-13(27)9-14-7-5-6-8-17(14)31-21-16(23)12-24-22(26-21)25-15-10-18(28-2)20(30-4)19(11-15)29-3;1-27-16-8-13(9-17(28-2)18(16)29-3)23-20-22-10-14(21)19(25-20)24-15-7-5-4-6-12(15)11-26;1-4-10-7-12(8-14(23-2)15(10)24-3)21-17-19-9-13(18)16(22-17)20-11-5-6-11;17-15(18,19)7-24-13-10(16(20,21)22)6-23-14(27-13)25-9-2-3-11-8(5-9)1-4-12(28)26-11;17-16(18,19)12-8-21-15(24-14(12)22-10-1-2-10)23-11-3-4-13-9(7-11)5-6-20-13/h5-8,10-12H,9H2,1-4H3,(H,24,25,26);4-10,26H,11H2,1-3H3,(H2,22,23,24,25);7-9,11H,4-6H2,1-3H3,(H2,19,20,21,22);2-3,5-6H,1,4,7H2,(H,26,28)(H2,23,24,25,27);3-4,6-8,10H,1-2,5H2,(H2,21,22,23,24). The number of aliphatic hydroxyl groups excluding tert-OH is 1. The van der Waals surface area contributed by atoms with Crippen LogP contribution in [0, 0.1) is 0 Å². The number of aryl methyl sites for hydroxylation is 2. The van der Waals surface area contributed by atoms with E-state index < -0.39 is 42.0 Å². The first-order valence-corrected chi connectivity index (χ1v) is 43.9. The summed E-state index contributed by atoms with van der Waals surface area (Å²) in [5.41, 5.74) is 7.79. The fourth-order valence-electron chi connectivity index (χ4n) is 13.1. The maximum Gasteiger partial charge on any atom is 0.421 e. The van der Waals surface area contributed by atoms with Gasteiger partial charge >= 0.3 is 18.5 Å². The van der Waals surface area contributed by atoms with E-state index in [9.17, 15) is 54.2 Å². The van der Waals surface area contributed by atoms with Crippen LogP contribution in [0.3, 0.4) is 0 Å². The third kappa shape index (κ3) is 28.0. The van der Waals surface area contributed by atoms with Crippen LogP contribution in [0.4, 0.5) is 138 Å². The van der Waals surface area contributed by atoms with Crippen molar-refractivity contribution in [3.8, 4) is 57.6 Å². The molecule has 7 heterocycles. The summed E-state index contributed by atoms with van der Waals surface area (Å²) >= 11 is 10.3. The van der Waals surface area contributed by atoms with E-state index in [1.807, 2.05) is 72.9 Å². The number of nitrogens with one attached hydrogen (secondary N) is 10. The Bertz CT molecular complexity index is 6200. The summed E-state index contributed by atoms with van der Waals surface area (Å²) in [6.07, 6.45) is 0.600. The molecule has 7 aromatic carbocycles. The Morgan fingerprint density at radius 1 is 0.463 bits per heavy atom. The molecule has 0 unspecified atom stereocenters. The van der Waals surface area contributed by atoms with Gasteiger partial charge in [-0.2, -0.15) is 64.4 Å². The van der Waals surface area contributed by atoms with Gasteiger partial charge in [0.1, 0.15) is 52.5 Å². The van der Waals surface area contributed by atoms with E-state index in [1.165, 1.54) is 25.8 Å². The Balaban J connectivity index is 0.000000153.